The zero-order chi connectivity index (χ0) is 11.6. The predicted octanol–water partition coefficient (Wildman–Crippen LogP) is -3.46. The van der Waals surface area contributed by atoms with Gasteiger partial charge in [-0.15, -0.1) is 4.57 Å². The summed E-state index contributed by atoms with van der Waals surface area (Å²) >= 11 is 0. The highest BCUT2D eigenvalue weighted by atomic mass is 35.5. The van der Waals surface area contributed by atoms with Crippen molar-refractivity contribution in [3.8, 4) is 0 Å². The number of imidazole rings is 1. The fourth-order valence-corrected chi connectivity index (χ4v) is 1.09. The van der Waals surface area contributed by atoms with E-state index >= 15 is 0 Å². The van der Waals surface area contributed by atoms with Crippen LogP contribution in [0.1, 0.15) is 10.6 Å². The first kappa shape index (κ1) is 14.4. The van der Waals surface area contributed by atoms with Crippen molar-refractivity contribution in [2.75, 3.05) is 28.2 Å². The first-order valence-corrected chi connectivity index (χ1v) is 4.47. The molecular formula is C9H15ClN4O2. The van der Waals surface area contributed by atoms with Crippen LogP contribution in [0.25, 0.3) is 0 Å². The fourth-order valence-electron chi connectivity index (χ4n) is 1.09. The van der Waals surface area contributed by atoms with Crippen molar-refractivity contribution in [2.45, 2.75) is 0 Å². The number of carbonyl (C=O) groups is 2. The number of nitrogens with one attached hydrogen (secondary N) is 1. The second kappa shape index (κ2) is 5.50. The van der Waals surface area contributed by atoms with E-state index in [1.165, 1.54) is 20.6 Å². The van der Waals surface area contributed by atoms with Crippen LogP contribution in [0.2, 0.25) is 0 Å². The van der Waals surface area contributed by atoms with Crippen molar-refractivity contribution < 1.29 is 27.0 Å². The van der Waals surface area contributed by atoms with Gasteiger partial charge in [-0.05, 0) is 0 Å². The number of halogens is 1. The summed E-state index contributed by atoms with van der Waals surface area (Å²) in [4.78, 5) is 28.9. The number of H-pyrrole nitrogens is 1. The fraction of sp³-hybridized carbons (Fsp3) is 0.444. The molecule has 1 aromatic rings. The van der Waals surface area contributed by atoms with Crippen molar-refractivity contribution in [1.82, 2.24) is 14.4 Å². The molecule has 1 rings (SSSR count). The lowest BCUT2D eigenvalue weighted by Crippen LogP contribution is -3.00. The van der Waals surface area contributed by atoms with Crippen LogP contribution in [0.4, 0.5) is 4.79 Å². The van der Waals surface area contributed by atoms with Crippen molar-refractivity contribution in [2.24, 2.45) is 0 Å². The Morgan fingerprint density at radius 1 is 1.19 bits per heavy atom. The number of aromatic amines is 1. The molecule has 0 saturated heterocycles. The van der Waals surface area contributed by atoms with E-state index in [-0.39, 0.29) is 30.2 Å². The number of rotatable bonds is 1. The molecule has 0 bridgehead atoms. The largest absolute Gasteiger partial charge is 1.00 e. The maximum absolute atomic E-state index is 11.7. The summed E-state index contributed by atoms with van der Waals surface area (Å²) in [6.45, 7) is 0. The SMILES string of the molecule is CN(C)C(=O)c1[nH+]ccn1C(=O)N(C)C.[Cl-]. The molecule has 1 N–H and O–H groups in total. The molecule has 0 spiro atoms. The maximum Gasteiger partial charge on any atom is 0.415 e. The van der Waals surface area contributed by atoms with Gasteiger partial charge in [0, 0.05) is 28.2 Å². The van der Waals surface area contributed by atoms with Gasteiger partial charge in [0.15, 0.2) is 0 Å². The molecule has 0 aliphatic heterocycles. The molecule has 0 saturated carbocycles. The van der Waals surface area contributed by atoms with E-state index in [2.05, 4.69) is 4.98 Å². The molecule has 1 heterocycles. The van der Waals surface area contributed by atoms with E-state index in [9.17, 15) is 9.59 Å². The Labute approximate surface area is 100 Å². The summed E-state index contributed by atoms with van der Waals surface area (Å²) in [6, 6.07) is -0.263. The quantitative estimate of drug-likeness (QED) is 0.517. The molecular weight excluding hydrogens is 232 g/mol. The molecule has 0 unspecified atom stereocenters. The van der Waals surface area contributed by atoms with Crippen LogP contribution >= 0.6 is 0 Å². The van der Waals surface area contributed by atoms with Gasteiger partial charge in [-0.25, -0.2) is 9.78 Å². The van der Waals surface area contributed by atoms with Gasteiger partial charge < -0.3 is 22.2 Å². The number of hydrogen-bond donors (Lipinski definition) is 0. The topological polar surface area (TPSA) is 59.7 Å². The van der Waals surface area contributed by atoms with Gasteiger partial charge >= 0.3 is 17.8 Å². The van der Waals surface area contributed by atoms with Gasteiger partial charge in [-0.3, -0.25) is 4.79 Å². The summed E-state index contributed by atoms with van der Waals surface area (Å²) in [7, 11) is 6.53. The molecule has 2 amide bonds. The average Bonchev–Trinajstić information content (AvgIpc) is 2.63. The minimum Gasteiger partial charge on any atom is -1.00 e. The van der Waals surface area contributed by atoms with Gasteiger partial charge in [0.25, 0.3) is 0 Å². The van der Waals surface area contributed by atoms with Crippen LogP contribution in [0.5, 0.6) is 0 Å². The Kier molecular flexibility index (Phi) is 4.97. The van der Waals surface area contributed by atoms with Crippen LogP contribution in [0.3, 0.4) is 0 Å². The summed E-state index contributed by atoms with van der Waals surface area (Å²) in [6.07, 6.45) is 3.08. The average molecular weight is 247 g/mol. The van der Waals surface area contributed by atoms with Crippen molar-refractivity contribution in [1.29, 1.82) is 0 Å². The Balaban J connectivity index is 0.00000225. The van der Waals surface area contributed by atoms with Crippen LogP contribution in [-0.4, -0.2) is 54.5 Å². The predicted molar refractivity (Wildman–Crippen MR) is 53.5 cm³/mol. The van der Waals surface area contributed by atoms with E-state index in [0.717, 1.165) is 0 Å². The molecule has 90 valence electrons. The summed E-state index contributed by atoms with van der Waals surface area (Å²) in [5, 5.41) is 0. The van der Waals surface area contributed by atoms with Gasteiger partial charge in [0.2, 0.25) is 0 Å². The third kappa shape index (κ3) is 2.73. The van der Waals surface area contributed by atoms with E-state index in [1.807, 2.05) is 0 Å². The summed E-state index contributed by atoms with van der Waals surface area (Å²) in [5.74, 6) is 0.00824. The van der Waals surface area contributed by atoms with E-state index in [4.69, 9.17) is 0 Å². The Morgan fingerprint density at radius 2 is 1.75 bits per heavy atom. The molecule has 0 aliphatic rings. The van der Waals surface area contributed by atoms with Crippen LogP contribution in [-0.2, 0) is 0 Å². The highest BCUT2D eigenvalue weighted by molar-refractivity contribution is 5.93. The lowest BCUT2D eigenvalue weighted by Gasteiger charge is -2.09. The smallest absolute Gasteiger partial charge is 0.415 e. The number of amides is 2. The summed E-state index contributed by atoms with van der Waals surface area (Å²) in [5.41, 5.74) is 0. The number of carbonyl (C=O) groups excluding carboxylic acids is 2. The standard InChI is InChI=1S/C9H14N4O2.ClH/c1-11(2)8(14)7-10-5-6-13(7)9(15)12(3)4;/h5-6H,1-4H3;1H. The second-order valence-electron chi connectivity index (χ2n) is 3.56. The molecule has 16 heavy (non-hydrogen) atoms. The Morgan fingerprint density at radius 3 is 2.19 bits per heavy atom. The third-order valence-corrected chi connectivity index (χ3v) is 1.88. The Hall–Kier alpha value is -1.56. The first-order chi connectivity index (χ1) is 6.95. The van der Waals surface area contributed by atoms with E-state index < -0.39 is 0 Å². The lowest BCUT2D eigenvalue weighted by atomic mass is 10.5. The number of hydrogen-bond acceptors (Lipinski definition) is 2. The molecule has 1 aromatic heterocycles. The van der Waals surface area contributed by atoms with Crippen molar-refractivity contribution in [3.05, 3.63) is 18.2 Å². The van der Waals surface area contributed by atoms with Crippen LogP contribution in [0.15, 0.2) is 12.4 Å². The van der Waals surface area contributed by atoms with E-state index in [1.54, 1.807) is 34.4 Å². The molecule has 0 aliphatic carbocycles. The molecule has 0 radical (unpaired) electrons. The van der Waals surface area contributed by atoms with Crippen LogP contribution in [0, 0.1) is 0 Å². The van der Waals surface area contributed by atoms with Gasteiger partial charge in [-0.2, -0.15) is 0 Å². The minimum atomic E-state index is -0.263. The molecule has 0 fully saturated rings. The molecule has 0 aromatic carbocycles. The molecule has 7 heteroatoms. The number of aromatic nitrogens is 2. The molecule has 0 atom stereocenters. The highest BCUT2D eigenvalue weighted by Crippen LogP contribution is 1.98. The first-order valence-electron chi connectivity index (χ1n) is 4.47. The zero-order valence-electron chi connectivity index (χ0n) is 9.69. The third-order valence-electron chi connectivity index (χ3n) is 1.88. The highest BCUT2D eigenvalue weighted by Gasteiger charge is 2.27. The number of nitrogens with zero attached hydrogens (tertiary/aromatic N) is 3. The second-order valence-corrected chi connectivity index (χ2v) is 3.56. The van der Waals surface area contributed by atoms with Gasteiger partial charge in [-0.1, -0.05) is 0 Å². The maximum atomic E-state index is 11.7. The van der Waals surface area contributed by atoms with E-state index in [0.29, 0.717) is 0 Å². The minimum absolute atomic E-state index is 0. The van der Waals surface area contributed by atoms with Crippen molar-refractivity contribution in [3.63, 3.8) is 0 Å². The zero-order valence-corrected chi connectivity index (χ0v) is 10.4. The van der Waals surface area contributed by atoms with Gasteiger partial charge in [0.05, 0.1) is 0 Å². The lowest BCUT2D eigenvalue weighted by molar-refractivity contribution is -0.381. The van der Waals surface area contributed by atoms with Crippen LogP contribution < -0.4 is 17.4 Å². The Bertz CT molecular complexity index is 352. The molecule has 6 nitrogen and oxygen atoms in total. The van der Waals surface area contributed by atoms with Crippen molar-refractivity contribution >= 4 is 11.9 Å². The monoisotopic (exact) mass is 246 g/mol. The summed E-state index contributed by atoms with van der Waals surface area (Å²) < 4.78 is 1.28. The normalized spacial score (nSPS) is 9.25. The van der Waals surface area contributed by atoms with Gasteiger partial charge in [0.1, 0.15) is 12.4 Å².